The fourth-order valence-corrected chi connectivity index (χ4v) is 2.73. The van der Waals surface area contributed by atoms with Gasteiger partial charge in [0, 0.05) is 24.5 Å². The summed E-state index contributed by atoms with van der Waals surface area (Å²) in [6.07, 6.45) is 0. The lowest BCUT2D eigenvalue weighted by atomic mass is 10.1. The summed E-state index contributed by atoms with van der Waals surface area (Å²) in [4.78, 5) is 14.4. The zero-order valence-corrected chi connectivity index (χ0v) is 14.4. The van der Waals surface area contributed by atoms with Gasteiger partial charge in [-0.25, -0.2) is 0 Å². The standard InChI is InChI=1S/C20H18N2O3/c1-13-17-10-16(24-3)8-9-18(17)25-19(13)20(23)22(2)12-15-6-4-14(11-21)5-7-15/h4-10H,12H2,1-3H3. The quantitative estimate of drug-likeness (QED) is 0.726. The Kier molecular flexibility index (Phi) is 4.44. The highest BCUT2D eigenvalue weighted by molar-refractivity contribution is 5.99. The first kappa shape index (κ1) is 16.6. The number of furan rings is 1. The van der Waals surface area contributed by atoms with Gasteiger partial charge in [-0.05, 0) is 42.8 Å². The molecule has 3 rings (SSSR count). The number of amides is 1. The Morgan fingerprint density at radius 3 is 2.60 bits per heavy atom. The second-order valence-corrected chi connectivity index (χ2v) is 5.89. The summed E-state index contributed by atoms with van der Waals surface area (Å²) in [7, 11) is 3.34. The van der Waals surface area contributed by atoms with Crippen LogP contribution in [-0.2, 0) is 6.54 Å². The van der Waals surface area contributed by atoms with Crippen LogP contribution in [0.25, 0.3) is 11.0 Å². The highest BCUT2D eigenvalue weighted by Gasteiger charge is 2.21. The predicted molar refractivity (Wildman–Crippen MR) is 94.5 cm³/mol. The van der Waals surface area contributed by atoms with E-state index in [2.05, 4.69) is 6.07 Å². The Labute approximate surface area is 146 Å². The first-order valence-corrected chi connectivity index (χ1v) is 7.85. The molecule has 0 fully saturated rings. The normalized spacial score (nSPS) is 10.5. The molecule has 0 aliphatic heterocycles. The average molecular weight is 334 g/mol. The molecule has 0 unspecified atom stereocenters. The van der Waals surface area contributed by atoms with Crippen molar-refractivity contribution in [3.05, 3.63) is 64.9 Å². The van der Waals surface area contributed by atoms with Crippen LogP contribution in [0.4, 0.5) is 0 Å². The lowest BCUT2D eigenvalue weighted by Crippen LogP contribution is -2.26. The summed E-state index contributed by atoms with van der Waals surface area (Å²) in [5, 5.41) is 9.72. The Bertz CT molecular complexity index is 965. The van der Waals surface area contributed by atoms with Crippen molar-refractivity contribution >= 4 is 16.9 Å². The molecule has 1 aromatic heterocycles. The van der Waals surface area contributed by atoms with Crippen molar-refractivity contribution in [2.45, 2.75) is 13.5 Å². The summed E-state index contributed by atoms with van der Waals surface area (Å²) in [5.74, 6) is 0.873. The fraction of sp³-hybridized carbons (Fsp3) is 0.200. The Morgan fingerprint density at radius 1 is 1.24 bits per heavy atom. The first-order chi connectivity index (χ1) is 12.0. The van der Waals surface area contributed by atoms with Crippen molar-refractivity contribution < 1.29 is 13.9 Å². The van der Waals surface area contributed by atoms with Crippen molar-refractivity contribution in [2.24, 2.45) is 0 Å². The molecule has 5 nitrogen and oxygen atoms in total. The number of aryl methyl sites for hydroxylation is 1. The molecule has 3 aromatic rings. The van der Waals surface area contributed by atoms with E-state index in [1.807, 2.05) is 25.1 Å². The van der Waals surface area contributed by atoms with E-state index in [1.165, 1.54) is 0 Å². The van der Waals surface area contributed by atoms with Gasteiger partial charge >= 0.3 is 0 Å². The number of carbonyl (C=O) groups is 1. The third-order valence-corrected chi connectivity index (χ3v) is 4.19. The Hall–Kier alpha value is -3.26. The number of hydrogen-bond donors (Lipinski definition) is 0. The largest absolute Gasteiger partial charge is 0.497 e. The molecule has 126 valence electrons. The van der Waals surface area contributed by atoms with Gasteiger partial charge in [0.1, 0.15) is 11.3 Å². The molecule has 5 heteroatoms. The molecule has 25 heavy (non-hydrogen) atoms. The third-order valence-electron chi connectivity index (χ3n) is 4.19. The number of methoxy groups -OCH3 is 1. The number of nitriles is 1. The smallest absolute Gasteiger partial charge is 0.289 e. The second kappa shape index (κ2) is 6.70. The van der Waals surface area contributed by atoms with Gasteiger partial charge in [0.15, 0.2) is 5.76 Å². The van der Waals surface area contributed by atoms with Crippen molar-refractivity contribution in [1.29, 1.82) is 5.26 Å². The van der Waals surface area contributed by atoms with E-state index >= 15 is 0 Å². The number of carbonyl (C=O) groups excluding carboxylic acids is 1. The molecule has 0 spiro atoms. The predicted octanol–water partition coefficient (Wildman–Crippen LogP) is 3.89. The van der Waals surface area contributed by atoms with Crippen LogP contribution >= 0.6 is 0 Å². The summed E-state index contributed by atoms with van der Waals surface area (Å²) >= 11 is 0. The van der Waals surface area contributed by atoms with Gasteiger partial charge in [-0.1, -0.05) is 12.1 Å². The molecular formula is C20H18N2O3. The number of benzene rings is 2. The van der Waals surface area contributed by atoms with Crippen molar-refractivity contribution in [2.75, 3.05) is 14.2 Å². The summed E-state index contributed by atoms with van der Waals surface area (Å²) < 4.78 is 11.0. The van der Waals surface area contributed by atoms with E-state index in [9.17, 15) is 4.79 Å². The van der Waals surface area contributed by atoms with Crippen LogP contribution in [0.3, 0.4) is 0 Å². The number of nitrogens with zero attached hydrogens (tertiary/aromatic N) is 2. The maximum atomic E-state index is 12.8. The molecule has 0 aliphatic rings. The van der Waals surface area contributed by atoms with Crippen LogP contribution in [0.15, 0.2) is 46.9 Å². The van der Waals surface area contributed by atoms with Crippen LogP contribution < -0.4 is 4.74 Å². The van der Waals surface area contributed by atoms with Gasteiger partial charge in [0.25, 0.3) is 5.91 Å². The number of rotatable bonds is 4. The van der Waals surface area contributed by atoms with E-state index in [0.29, 0.717) is 23.5 Å². The van der Waals surface area contributed by atoms with Crippen molar-refractivity contribution in [3.63, 3.8) is 0 Å². The molecule has 0 saturated heterocycles. The van der Waals surface area contributed by atoms with Gasteiger partial charge < -0.3 is 14.1 Å². The van der Waals surface area contributed by atoms with Crippen LogP contribution in [0.1, 0.15) is 27.2 Å². The number of fused-ring (bicyclic) bond motifs is 1. The minimum atomic E-state index is -0.183. The zero-order valence-electron chi connectivity index (χ0n) is 14.4. The van der Waals surface area contributed by atoms with Crippen LogP contribution in [0.5, 0.6) is 5.75 Å². The van der Waals surface area contributed by atoms with E-state index in [-0.39, 0.29) is 5.91 Å². The lowest BCUT2D eigenvalue weighted by molar-refractivity contribution is 0.0755. The molecule has 0 aliphatic carbocycles. The van der Waals surface area contributed by atoms with Crippen molar-refractivity contribution in [3.8, 4) is 11.8 Å². The first-order valence-electron chi connectivity index (χ1n) is 7.85. The van der Waals surface area contributed by atoms with Gasteiger partial charge in [-0.2, -0.15) is 5.26 Å². The number of ether oxygens (including phenoxy) is 1. The van der Waals surface area contributed by atoms with Gasteiger partial charge in [-0.3, -0.25) is 4.79 Å². The third kappa shape index (κ3) is 3.20. The summed E-state index contributed by atoms with van der Waals surface area (Å²) in [6.45, 7) is 2.30. The van der Waals surface area contributed by atoms with E-state index in [4.69, 9.17) is 14.4 Å². The minimum Gasteiger partial charge on any atom is -0.497 e. The zero-order chi connectivity index (χ0) is 18.0. The molecular weight excluding hydrogens is 316 g/mol. The van der Waals surface area contributed by atoms with Crippen LogP contribution in [0, 0.1) is 18.3 Å². The summed E-state index contributed by atoms with van der Waals surface area (Å²) in [6, 6.07) is 14.7. The van der Waals surface area contributed by atoms with E-state index < -0.39 is 0 Å². The molecule has 0 radical (unpaired) electrons. The highest BCUT2D eigenvalue weighted by Crippen LogP contribution is 2.29. The molecule has 2 aromatic carbocycles. The minimum absolute atomic E-state index is 0.183. The Morgan fingerprint density at radius 2 is 1.96 bits per heavy atom. The topological polar surface area (TPSA) is 66.5 Å². The van der Waals surface area contributed by atoms with Gasteiger partial charge in [0.2, 0.25) is 0 Å². The monoisotopic (exact) mass is 334 g/mol. The van der Waals surface area contributed by atoms with Gasteiger partial charge in [-0.15, -0.1) is 0 Å². The average Bonchev–Trinajstić information content (AvgIpc) is 2.97. The van der Waals surface area contributed by atoms with Gasteiger partial charge in [0.05, 0.1) is 18.7 Å². The van der Waals surface area contributed by atoms with Crippen molar-refractivity contribution in [1.82, 2.24) is 4.90 Å². The Balaban J connectivity index is 1.85. The molecule has 0 N–H and O–H groups in total. The lowest BCUT2D eigenvalue weighted by Gasteiger charge is -2.16. The fourth-order valence-electron chi connectivity index (χ4n) is 2.73. The molecule has 1 heterocycles. The summed E-state index contributed by atoms with van der Waals surface area (Å²) in [5.41, 5.74) is 3.00. The second-order valence-electron chi connectivity index (χ2n) is 5.89. The maximum Gasteiger partial charge on any atom is 0.289 e. The maximum absolute atomic E-state index is 12.8. The molecule has 0 bridgehead atoms. The highest BCUT2D eigenvalue weighted by atomic mass is 16.5. The van der Waals surface area contributed by atoms with Crippen LogP contribution in [-0.4, -0.2) is 25.0 Å². The van der Waals surface area contributed by atoms with E-state index in [1.54, 1.807) is 43.3 Å². The van der Waals surface area contributed by atoms with E-state index in [0.717, 1.165) is 22.3 Å². The SMILES string of the molecule is COc1ccc2oc(C(=O)N(C)Cc3ccc(C#N)cc3)c(C)c2c1. The molecule has 0 atom stereocenters. The molecule has 1 amide bonds. The molecule has 0 saturated carbocycles. The number of hydrogen-bond acceptors (Lipinski definition) is 4. The van der Waals surface area contributed by atoms with Crippen LogP contribution in [0.2, 0.25) is 0 Å².